The molecule has 0 aliphatic rings. The summed E-state index contributed by atoms with van der Waals surface area (Å²) in [6.07, 6.45) is 3.41. The maximum absolute atomic E-state index is 11.7. The zero-order valence-corrected chi connectivity index (χ0v) is 15.7. The standard InChI is InChI=1S/C19H17N5O3S/c1-12-2-3-14(11-17(12)28(20,25)26)23-19-22-9-7-18(24-19)27-15-4-5-16-13(10-15)6-8-21-16/h2-11,21H,1H3,(H2,20,25,26)(H,22,23,24). The van der Waals surface area contributed by atoms with Gasteiger partial charge in [0.25, 0.3) is 0 Å². The van der Waals surface area contributed by atoms with E-state index in [0.717, 1.165) is 10.9 Å². The quantitative estimate of drug-likeness (QED) is 0.476. The van der Waals surface area contributed by atoms with Gasteiger partial charge < -0.3 is 15.0 Å². The molecule has 2 heterocycles. The SMILES string of the molecule is Cc1ccc(Nc2nccc(Oc3ccc4[nH]ccc4c3)n2)cc1S(N)(=O)=O. The third-order valence-corrected chi connectivity index (χ3v) is 5.18. The van der Waals surface area contributed by atoms with Crippen molar-refractivity contribution >= 4 is 32.6 Å². The summed E-state index contributed by atoms with van der Waals surface area (Å²) in [5.41, 5.74) is 2.08. The number of hydrogen-bond donors (Lipinski definition) is 3. The topological polar surface area (TPSA) is 123 Å². The molecule has 0 amide bonds. The van der Waals surface area contributed by atoms with E-state index in [1.807, 2.05) is 30.5 Å². The van der Waals surface area contributed by atoms with Crippen LogP contribution in [0, 0.1) is 6.92 Å². The Morgan fingerprint density at radius 1 is 1.11 bits per heavy atom. The number of hydrogen-bond acceptors (Lipinski definition) is 6. The molecule has 0 bridgehead atoms. The fourth-order valence-electron chi connectivity index (χ4n) is 2.79. The van der Waals surface area contributed by atoms with Crippen LogP contribution in [0.2, 0.25) is 0 Å². The molecular weight excluding hydrogens is 378 g/mol. The number of H-pyrrole nitrogens is 1. The Morgan fingerprint density at radius 2 is 1.96 bits per heavy atom. The highest BCUT2D eigenvalue weighted by molar-refractivity contribution is 7.89. The van der Waals surface area contributed by atoms with E-state index in [1.54, 1.807) is 31.3 Å². The van der Waals surface area contributed by atoms with Gasteiger partial charge in [-0.25, -0.2) is 18.5 Å². The van der Waals surface area contributed by atoms with Gasteiger partial charge >= 0.3 is 0 Å². The molecule has 4 rings (SSSR count). The van der Waals surface area contributed by atoms with Gasteiger partial charge in [0.2, 0.25) is 21.9 Å². The molecule has 9 heteroatoms. The molecule has 4 N–H and O–H groups in total. The summed E-state index contributed by atoms with van der Waals surface area (Å²) in [5, 5.41) is 9.25. The van der Waals surface area contributed by atoms with Gasteiger partial charge in [-0.3, -0.25) is 0 Å². The van der Waals surface area contributed by atoms with Crippen LogP contribution in [0.5, 0.6) is 11.6 Å². The van der Waals surface area contributed by atoms with Crippen LogP contribution in [0.15, 0.2) is 65.8 Å². The van der Waals surface area contributed by atoms with Gasteiger partial charge in [-0.2, -0.15) is 4.98 Å². The number of primary sulfonamides is 1. The van der Waals surface area contributed by atoms with Crippen molar-refractivity contribution in [2.24, 2.45) is 5.14 Å². The maximum Gasteiger partial charge on any atom is 0.238 e. The fraction of sp³-hybridized carbons (Fsp3) is 0.0526. The molecule has 28 heavy (non-hydrogen) atoms. The summed E-state index contributed by atoms with van der Waals surface area (Å²) in [6.45, 7) is 1.68. The van der Waals surface area contributed by atoms with E-state index >= 15 is 0 Å². The van der Waals surface area contributed by atoms with Crippen molar-refractivity contribution < 1.29 is 13.2 Å². The predicted molar refractivity (Wildman–Crippen MR) is 106 cm³/mol. The Bertz CT molecular complexity index is 1270. The Labute approximate surface area is 161 Å². The molecule has 0 aliphatic heterocycles. The number of rotatable bonds is 5. The van der Waals surface area contributed by atoms with E-state index in [-0.39, 0.29) is 10.8 Å². The highest BCUT2D eigenvalue weighted by Gasteiger charge is 2.13. The molecule has 0 radical (unpaired) electrons. The van der Waals surface area contributed by atoms with Gasteiger partial charge in [0.1, 0.15) is 5.75 Å². The second kappa shape index (κ2) is 6.95. The third kappa shape index (κ3) is 3.80. The van der Waals surface area contributed by atoms with Gasteiger partial charge in [0, 0.05) is 35.1 Å². The van der Waals surface area contributed by atoms with E-state index < -0.39 is 10.0 Å². The molecule has 142 valence electrons. The normalized spacial score (nSPS) is 11.5. The number of nitrogens with two attached hydrogens (primary N) is 1. The lowest BCUT2D eigenvalue weighted by molar-refractivity contribution is 0.463. The Morgan fingerprint density at radius 3 is 2.79 bits per heavy atom. The zero-order chi connectivity index (χ0) is 19.7. The number of benzene rings is 2. The summed E-state index contributed by atoms with van der Waals surface area (Å²) >= 11 is 0. The minimum Gasteiger partial charge on any atom is -0.439 e. The summed E-state index contributed by atoms with van der Waals surface area (Å²) in [6, 6.07) is 14.1. The number of nitrogens with one attached hydrogen (secondary N) is 2. The van der Waals surface area contributed by atoms with Gasteiger partial charge in [-0.15, -0.1) is 0 Å². The van der Waals surface area contributed by atoms with Gasteiger partial charge in [0.05, 0.1) is 4.90 Å². The number of ether oxygens (including phenoxy) is 1. The van der Waals surface area contributed by atoms with Crippen molar-refractivity contribution in [3.63, 3.8) is 0 Å². The lowest BCUT2D eigenvalue weighted by atomic mass is 10.2. The third-order valence-electron chi connectivity index (χ3n) is 4.13. The highest BCUT2D eigenvalue weighted by Crippen LogP contribution is 2.25. The van der Waals surface area contributed by atoms with E-state index in [0.29, 0.717) is 22.9 Å². The maximum atomic E-state index is 11.7. The van der Waals surface area contributed by atoms with Gasteiger partial charge in [0.15, 0.2) is 0 Å². The first-order valence-electron chi connectivity index (χ1n) is 8.37. The van der Waals surface area contributed by atoms with Crippen LogP contribution in [-0.4, -0.2) is 23.4 Å². The second-order valence-electron chi connectivity index (χ2n) is 6.20. The first kappa shape index (κ1) is 18.0. The number of sulfonamides is 1. The molecule has 0 saturated carbocycles. The molecule has 4 aromatic rings. The Balaban J connectivity index is 1.57. The first-order valence-corrected chi connectivity index (χ1v) is 9.92. The lowest BCUT2D eigenvalue weighted by Gasteiger charge is -2.10. The number of aromatic nitrogens is 3. The minimum absolute atomic E-state index is 0.0460. The van der Waals surface area contributed by atoms with Gasteiger partial charge in [-0.05, 0) is 48.9 Å². The summed E-state index contributed by atoms with van der Waals surface area (Å²) < 4.78 is 29.2. The van der Waals surface area contributed by atoms with E-state index in [2.05, 4.69) is 20.3 Å². The van der Waals surface area contributed by atoms with Crippen LogP contribution >= 0.6 is 0 Å². The number of aromatic amines is 1. The van der Waals surface area contributed by atoms with Crippen molar-refractivity contribution in [3.8, 4) is 11.6 Å². The molecule has 0 spiro atoms. The van der Waals surface area contributed by atoms with Gasteiger partial charge in [-0.1, -0.05) is 6.07 Å². The smallest absolute Gasteiger partial charge is 0.238 e. The fourth-order valence-corrected chi connectivity index (χ4v) is 3.60. The first-order chi connectivity index (χ1) is 13.4. The second-order valence-corrected chi connectivity index (χ2v) is 7.73. The summed E-state index contributed by atoms with van der Waals surface area (Å²) in [5.74, 6) is 1.26. The molecular formula is C19H17N5O3S. The predicted octanol–water partition coefficient (Wildman–Crippen LogP) is 3.45. The molecule has 0 unspecified atom stereocenters. The number of fused-ring (bicyclic) bond motifs is 1. The number of anilines is 2. The molecule has 2 aromatic carbocycles. The highest BCUT2D eigenvalue weighted by atomic mass is 32.2. The van der Waals surface area contributed by atoms with Crippen molar-refractivity contribution in [1.29, 1.82) is 0 Å². The lowest BCUT2D eigenvalue weighted by Crippen LogP contribution is -2.14. The van der Waals surface area contributed by atoms with Crippen LogP contribution in [0.1, 0.15) is 5.56 Å². The molecule has 8 nitrogen and oxygen atoms in total. The summed E-state index contributed by atoms with van der Waals surface area (Å²) in [4.78, 5) is 11.6. The van der Waals surface area contributed by atoms with Crippen molar-refractivity contribution in [2.75, 3.05) is 5.32 Å². The molecule has 0 saturated heterocycles. The van der Waals surface area contributed by atoms with Crippen LogP contribution < -0.4 is 15.2 Å². The number of nitrogens with zero attached hydrogens (tertiary/aromatic N) is 2. The Kier molecular flexibility index (Phi) is 4.46. The number of aryl methyl sites for hydroxylation is 1. The summed E-state index contributed by atoms with van der Waals surface area (Å²) in [7, 11) is -3.82. The average molecular weight is 395 g/mol. The van der Waals surface area contributed by atoms with Crippen LogP contribution in [-0.2, 0) is 10.0 Å². The molecule has 0 fully saturated rings. The van der Waals surface area contributed by atoms with Crippen molar-refractivity contribution in [2.45, 2.75) is 11.8 Å². The van der Waals surface area contributed by atoms with Crippen molar-refractivity contribution in [3.05, 3.63) is 66.5 Å². The molecule has 0 atom stereocenters. The van der Waals surface area contributed by atoms with Crippen LogP contribution in [0.3, 0.4) is 0 Å². The van der Waals surface area contributed by atoms with Crippen molar-refractivity contribution in [1.82, 2.24) is 15.0 Å². The average Bonchev–Trinajstić information content (AvgIpc) is 3.10. The van der Waals surface area contributed by atoms with Crippen LogP contribution in [0.25, 0.3) is 10.9 Å². The van der Waals surface area contributed by atoms with E-state index in [9.17, 15) is 8.42 Å². The van der Waals surface area contributed by atoms with Crippen LogP contribution in [0.4, 0.5) is 11.6 Å². The van der Waals surface area contributed by atoms with E-state index in [1.165, 1.54) is 6.07 Å². The monoisotopic (exact) mass is 395 g/mol. The molecule has 2 aromatic heterocycles. The minimum atomic E-state index is -3.82. The van der Waals surface area contributed by atoms with E-state index in [4.69, 9.17) is 9.88 Å². The largest absolute Gasteiger partial charge is 0.439 e. The Hall–Kier alpha value is -3.43. The molecule has 0 aliphatic carbocycles. The zero-order valence-electron chi connectivity index (χ0n) is 14.9.